The molecular formula is C25H26FN5O2S2. The number of nitrogens with one attached hydrogen (secondary N) is 2. The monoisotopic (exact) mass is 511 g/mol. The van der Waals surface area contributed by atoms with Crippen LogP contribution in [-0.4, -0.2) is 51.7 Å². The Kier molecular flexibility index (Phi) is 7.05. The Morgan fingerprint density at radius 3 is 2.83 bits per heavy atom. The minimum atomic E-state index is -0.412. The van der Waals surface area contributed by atoms with Crippen LogP contribution in [-0.2, 0) is 6.54 Å². The molecule has 1 saturated heterocycles. The van der Waals surface area contributed by atoms with Crippen LogP contribution >= 0.6 is 22.7 Å². The second kappa shape index (κ2) is 10.4. The number of hydrogen-bond acceptors (Lipinski definition) is 7. The predicted molar refractivity (Wildman–Crippen MR) is 139 cm³/mol. The fraction of sp³-hybridized carbons (Fsp3) is 0.320. The van der Waals surface area contributed by atoms with Crippen molar-refractivity contribution in [3.63, 3.8) is 0 Å². The van der Waals surface area contributed by atoms with Crippen LogP contribution in [0.2, 0.25) is 0 Å². The van der Waals surface area contributed by atoms with E-state index in [0.29, 0.717) is 27.6 Å². The highest BCUT2D eigenvalue weighted by Gasteiger charge is 2.22. The Labute approximate surface area is 210 Å². The molecule has 10 heteroatoms. The molecule has 3 aromatic heterocycles. The summed E-state index contributed by atoms with van der Waals surface area (Å²) in [6.45, 7) is 4.81. The molecule has 0 bridgehead atoms. The minimum absolute atomic E-state index is 0.207. The molecule has 1 fully saturated rings. The van der Waals surface area contributed by atoms with Crippen molar-refractivity contribution in [2.45, 2.75) is 32.4 Å². The van der Waals surface area contributed by atoms with Crippen LogP contribution in [0.25, 0.3) is 32.6 Å². The van der Waals surface area contributed by atoms with Crippen LogP contribution < -0.4 is 10.6 Å². The van der Waals surface area contributed by atoms with Crippen molar-refractivity contribution in [2.75, 3.05) is 25.0 Å². The number of carbonyl (C=O) groups excluding carboxylic acids is 1. The van der Waals surface area contributed by atoms with Crippen molar-refractivity contribution in [3.8, 4) is 22.4 Å². The number of nitrogens with zero attached hydrogens (tertiary/aromatic N) is 3. The summed E-state index contributed by atoms with van der Waals surface area (Å²) in [4.78, 5) is 24.4. The number of rotatable bonds is 6. The number of fused-ring (bicyclic) bond motifs is 1. The number of benzene rings is 1. The van der Waals surface area contributed by atoms with Crippen molar-refractivity contribution in [1.29, 1.82) is 0 Å². The molecule has 5 rings (SSSR count). The maximum atomic E-state index is 15.8. The molecule has 0 aliphatic carbocycles. The van der Waals surface area contributed by atoms with Gasteiger partial charge in [0, 0.05) is 48.4 Å². The van der Waals surface area contributed by atoms with Crippen LogP contribution in [0.3, 0.4) is 0 Å². The molecule has 35 heavy (non-hydrogen) atoms. The highest BCUT2D eigenvalue weighted by Crippen LogP contribution is 2.41. The van der Waals surface area contributed by atoms with Crippen molar-refractivity contribution in [1.82, 2.24) is 20.2 Å². The van der Waals surface area contributed by atoms with E-state index in [-0.39, 0.29) is 17.7 Å². The number of aromatic nitrogens is 2. The van der Waals surface area contributed by atoms with Crippen LogP contribution in [0.15, 0.2) is 41.9 Å². The van der Waals surface area contributed by atoms with Gasteiger partial charge < -0.3 is 10.4 Å². The number of aliphatic hydroxyl groups is 1. The van der Waals surface area contributed by atoms with E-state index in [0.717, 1.165) is 48.5 Å². The number of hydrogen-bond donors (Lipinski definition) is 3. The van der Waals surface area contributed by atoms with Gasteiger partial charge in [0.1, 0.15) is 5.52 Å². The summed E-state index contributed by atoms with van der Waals surface area (Å²) in [5, 5.41) is 17.4. The molecule has 1 aliphatic rings. The number of carbonyl (C=O) groups is 1. The first-order chi connectivity index (χ1) is 17.0. The fourth-order valence-corrected chi connectivity index (χ4v) is 6.14. The van der Waals surface area contributed by atoms with E-state index < -0.39 is 5.82 Å². The number of thiophene rings is 1. The normalized spacial score (nSPS) is 14.9. The number of halogens is 1. The van der Waals surface area contributed by atoms with E-state index in [2.05, 4.69) is 25.5 Å². The molecule has 7 nitrogen and oxygen atoms in total. The van der Waals surface area contributed by atoms with Gasteiger partial charge in [0.05, 0.1) is 16.5 Å². The Morgan fingerprint density at radius 2 is 2.09 bits per heavy atom. The first-order valence-corrected chi connectivity index (χ1v) is 13.3. The Bertz CT molecular complexity index is 1330. The van der Waals surface area contributed by atoms with Crippen LogP contribution in [0.5, 0.6) is 0 Å². The number of pyridine rings is 1. The summed E-state index contributed by atoms with van der Waals surface area (Å²) in [7, 11) is 0. The van der Waals surface area contributed by atoms with Crippen molar-refractivity contribution in [2.24, 2.45) is 0 Å². The van der Waals surface area contributed by atoms with E-state index in [9.17, 15) is 9.90 Å². The van der Waals surface area contributed by atoms with Crippen LogP contribution in [0, 0.1) is 5.82 Å². The second-order valence-corrected chi connectivity index (χ2v) is 10.5. The topological polar surface area (TPSA) is 90.4 Å². The molecule has 1 aliphatic heterocycles. The van der Waals surface area contributed by atoms with Gasteiger partial charge in [-0.1, -0.05) is 17.4 Å². The maximum Gasteiger partial charge on any atom is 0.321 e. The molecule has 4 heterocycles. The lowest BCUT2D eigenvalue weighted by Gasteiger charge is -2.28. The first kappa shape index (κ1) is 23.8. The molecule has 1 aromatic carbocycles. The fourth-order valence-electron chi connectivity index (χ4n) is 4.23. The third-order valence-corrected chi connectivity index (χ3v) is 7.93. The molecule has 0 saturated carbocycles. The number of thiazole rings is 1. The lowest BCUT2D eigenvalue weighted by molar-refractivity contribution is 0.0797. The first-order valence-electron chi connectivity index (χ1n) is 11.6. The molecule has 4 aromatic rings. The summed E-state index contributed by atoms with van der Waals surface area (Å²) >= 11 is 2.84. The Morgan fingerprint density at radius 1 is 1.26 bits per heavy atom. The maximum absolute atomic E-state index is 15.8. The second-order valence-electron chi connectivity index (χ2n) is 8.49. The number of anilines is 1. The SMILES string of the molecule is CCNC(=O)Nc1nc2c(F)c(-c3csc(CN4CCC(O)CC4)c3)cc(-c3ccccn3)c2s1. The van der Waals surface area contributed by atoms with Gasteiger partial charge in [-0.2, -0.15) is 0 Å². The number of amides is 2. The van der Waals surface area contributed by atoms with Crippen molar-refractivity contribution < 1.29 is 14.3 Å². The lowest BCUT2D eigenvalue weighted by Crippen LogP contribution is -2.35. The molecule has 0 atom stereocenters. The van der Waals surface area contributed by atoms with E-state index in [4.69, 9.17) is 0 Å². The van der Waals surface area contributed by atoms with E-state index in [1.165, 1.54) is 11.3 Å². The standard InChI is InChI=1S/C25H26FN5O2S2/c1-2-27-24(33)30-25-29-22-21(26)18(12-19(23(22)35-25)20-5-3-4-8-28-20)15-11-17(34-14-15)13-31-9-6-16(32)7-10-31/h3-5,8,11-12,14,16,32H,2,6-7,9-10,13H2,1H3,(H2,27,29,30,33). The van der Waals surface area contributed by atoms with Gasteiger partial charge in [0.25, 0.3) is 0 Å². The molecule has 0 unspecified atom stereocenters. The van der Waals surface area contributed by atoms with E-state index >= 15 is 4.39 Å². The van der Waals surface area contributed by atoms with Crippen molar-refractivity contribution in [3.05, 3.63) is 52.6 Å². The third kappa shape index (κ3) is 5.20. The van der Waals surface area contributed by atoms with Gasteiger partial charge in [-0.15, -0.1) is 11.3 Å². The number of urea groups is 1. The highest BCUT2D eigenvalue weighted by atomic mass is 32.1. The zero-order chi connectivity index (χ0) is 24.4. The zero-order valence-electron chi connectivity index (χ0n) is 19.3. The number of piperidine rings is 1. The van der Waals surface area contributed by atoms with E-state index in [1.807, 2.05) is 42.6 Å². The molecular weight excluding hydrogens is 485 g/mol. The van der Waals surface area contributed by atoms with Gasteiger partial charge >= 0.3 is 6.03 Å². The number of aliphatic hydroxyl groups excluding tert-OH is 1. The van der Waals surface area contributed by atoms with E-state index in [1.54, 1.807) is 17.5 Å². The summed E-state index contributed by atoms with van der Waals surface area (Å²) in [5.74, 6) is -0.412. The summed E-state index contributed by atoms with van der Waals surface area (Å²) in [5.41, 5.74) is 2.97. The Balaban J connectivity index is 1.52. The summed E-state index contributed by atoms with van der Waals surface area (Å²) < 4.78 is 16.5. The van der Waals surface area contributed by atoms with Gasteiger partial charge in [-0.05, 0) is 55.0 Å². The third-order valence-electron chi connectivity index (χ3n) is 6.00. The van der Waals surface area contributed by atoms with Crippen LogP contribution in [0.1, 0.15) is 24.6 Å². The van der Waals surface area contributed by atoms with Gasteiger partial charge in [0.2, 0.25) is 0 Å². The quantitative estimate of drug-likeness (QED) is 0.326. The summed E-state index contributed by atoms with van der Waals surface area (Å²) in [6.07, 6.45) is 3.07. The van der Waals surface area contributed by atoms with Gasteiger partial charge in [-0.3, -0.25) is 15.2 Å². The van der Waals surface area contributed by atoms with Gasteiger partial charge in [-0.25, -0.2) is 14.2 Å². The lowest BCUT2D eigenvalue weighted by atomic mass is 10.0. The molecule has 2 amide bonds. The molecule has 182 valence electrons. The van der Waals surface area contributed by atoms with Crippen LogP contribution in [0.4, 0.5) is 14.3 Å². The predicted octanol–water partition coefficient (Wildman–Crippen LogP) is 5.32. The highest BCUT2D eigenvalue weighted by molar-refractivity contribution is 7.22. The number of likely N-dealkylation sites (tertiary alicyclic amines) is 1. The largest absolute Gasteiger partial charge is 0.393 e. The summed E-state index contributed by atoms with van der Waals surface area (Å²) in [6, 6.07) is 9.10. The minimum Gasteiger partial charge on any atom is -0.393 e. The van der Waals surface area contributed by atoms with Crippen molar-refractivity contribution >= 4 is 44.1 Å². The van der Waals surface area contributed by atoms with Gasteiger partial charge in [0.15, 0.2) is 10.9 Å². The smallest absolute Gasteiger partial charge is 0.321 e. The average Bonchev–Trinajstić information content (AvgIpc) is 3.49. The Hall–Kier alpha value is -2.92. The molecule has 0 spiro atoms. The molecule has 0 radical (unpaired) electrons. The average molecular weight is 512 g/mol. The zero-order valence-corrected chi connectivity index (χ0v) is 20.9. The molecule has 3 N–H and O–H groups in total.